The monoisotopic (exact) mass is 548 g/mol. The molecule has 0 heterocycles. The van der Waals surface area contributed by atoms with Crippen molar-refractivity contribution >= 4 is 11.9 Å². The van der Waals surface area contributed by atoms with Crippen molar-refractivity contribution in [1.82, 2.24) is 0 Å². The van der Waals surface area contributed by atoms with Gasteiger partial charge in [0.15, 0.2) is 0 Å². The first kappa shape index (κ1) is 36.8. The molecule has 0 bridgehead atoms. The molecule has 224 valence electrons. The predicted molar refractivity (Wildman–Crippen MR) is 160 cm³/mol. The summed E-state index contributed by atoms with van der Waals surface area (Å²) in [4.78, 5) is 23.6. The van der Waals surface area contributed by atoms with Crippen molar-refractivity contribution in [3.05, 3.63) is 48.6 Å². The second kappa shape index (κ2) is 28.8. The molecule has 0 radical (unpaired) electrons. The van der Waals surface area contributed by atoms with Crippen LogP contribution in [0.5, 0.6) is 0 Å². The number of unbranched alkanes of at least 4 members (excludes halogenated alkanes) is 7. The minimum Gasteiger partial charge on any atom is -0.463 e. The third kappa shape index (κ3) is 28.6. The summed E-state index contributed by atoms with van der Waals surface area (Å²) in [7, 11) is 0. The maximum Gasteiger partial charge on any atom is 0.305 e. The van der Waals surface area contributed by atoms with E-state index in [1.807, 2.05) is 6.92 Å². The van der Waals surface area contributed by atoms with E-state index in [1.165, 1.54) is 25.7 Å². The summed E-state index contributed by atoms with van der Waals surface area (Å²) in [6, 6.07) is 0. The smallest absolute Gasteiger partial charge is 0.305 e. The minimum atomic E-state index is -0.990. The van der Waals surface area contributed by atoms with Crippen LogP contribution in [0, 0.1) is 0 Å². The van der Waals surface area contributed by atoms with Gasteiger partial charge in [0.05, 0.1) is 6.10 Å². The molecule has 0 saturated heterocycles. The van der Waals surface area contributed by atoms with Crippen LogP contribution in [-0.4, -0.2) is 47.6 Å². The van der Waals surface area contributed by atoms with Crippen molar-refractivity contribution in [3.8, 4) is 0 Å². The lowest BCUT2D eigenvalue weighted by Gasteiger charge is -2.12. The Bertz CT molecular complexity index is 694. The zero-order valence-corrected chi connectivity index (χ0v) is 24.7. The van der Waals surface area contributed by atoms with Gasteiger partial charge in [0, 0.05) is 12.8 Å². The normalized spacial score (nSPS) is 13.6. The number of carbonyl (C=O) groups is 2. The lowest BCUT2D eigenvalue weighted by molar-refractivity contribution is -0.152. The number of aliphatic hydroxyl groups is 2. The van der Waals surface area contributed by atoms with E-state index in [0.717, 1.165) is 64.2 Å². The van der Waals surface area contributed by atoms with Crippen molar-refractivity contribution in [2.24, 2.45) is 0 Å². The fraction of sp³-hybridized carbons (Fsp3) is 0.697. The summed E-state index contributed by atoms with van der Waals surface area (Å²) in [5, 5.41) is 19.4. The van der Waals surface area contributed by atoms with Crippen LogP contribution in [0.1, 0.15) is 123 Å². The summed E-state index contributed by atoms with van der Waals surface area (Å²) in [6.45, 7) is 3.89. The van der Waals surface area contributed by atoms with Gasteiger partial charge in [-0.25, -0.2) is 0 Å². The molecule has 0 aliphatic rings. The number of hydrogen-bond acceptors (Lipinski definition) is 6. The first-order chi connectivity index (χ1) is 19.0. The maximum atomic E-state index is 11.8. The molecule has 2 atom stereocenters. The molecular weight excluding hydrogens is 492 g/mol. The van der Waals surface area contributed by atoms with E-state index >= 15 is 0 Å². The van der Waals surface area contributed by atoms with Gasteiger partial charge >= 0.3 is 11.9 Å². The van der Waals surface area contributed by atoms with Gasteiger partial charge in [0.25, 0.3) is 0 Å². The lowest BCUT2D eigenvalue weighted by atomic mass is 10.1. The highest BCUT2D eigenvalue weighted by Gasteiger charge is 2.11. The second-order valence-corrected chi connectivity index (χ2v) is 10.0. The lowest BCUT2D eigenvalue weighted by Crippen LogP contribution is -2.25. The molecule has 0 fully saturated rings. The third-order valence-corrected chi connectivity index (χ3v) is 6.23. The fourth-order valence-electron chi connectivity index (χ4n) is 3.70. The van der Waals surface area contributed by atoms with Gasteiger partial charge in [-0.15, -0.1) is 0 Å². The van der Waals surface area contributed by atoms with E-state index < -0.39 is 6.10 Å². The molecule has 0 saturated carbocycles. The van der Waals surface area contributed by atoms with Crippen LogP contribution < -0.4 is 0 Å². The molecule has 0 aromatic carbocycles. The summed E-state index contributed by atoms with van der Waals surface area (Å²) in [5.41, 5.74) is 0. The van der Waals surface area contributed by atoms with Crippen molar-refractivity contribution in [2.45, 2.75) is 135 Å². The Morgan fingerprint density at radius 2 is 1.05 bits per heavy atom. The third-order valence-electron chi connectivity index (χ3n) is 6.23. The van der Waals surface area contributed by atoms with Crippen LogP contribution in [0.15, 0.2) is 48.6 Å². The van der Waals surface area contributed by atoms with Crippen LogP contribution in [0.2, 0.25) is 0 Å². The molecule has 0 aliphatic carbocycles. The largest absolute Gasteiger partial charge is 0.463 e. The summed E-state index contributed by atoms with van der Waals surface area (Å²) in [5.74, 6) is -0.660. The molecule has 0 rings (SSSR count). The molecule has 0 aromatic rings. The highest BCUT2D eigenvalue weighted by Crippen LogP contribution is 2.09. The molecule has 0 spiro atoms. The van der Waals surface area contributed by atoms with Gasteiger partial charge in [-0.2, -0.15) is 0 Å². The summed E-state index contributed by atoms with van der Waals surface area (Å²) in [6.07, 6.45) is 31.2. The predicted octanol–water partition coefficient (Wildman–Crippen LogP) is 7.69. The molecule has 39 heavy (non-hydrogen) atoms. The molecule has 0 unspecified atom stereocenters. The van der Waals surface area contributed by atoms with Crippen molar-refractivity contribution in [1.29, 1.82) is 0 Å². The Morgan fingerprint density at radius 1 is 0.590 bits per heavy atom. The van der Waals surface area contributed by atoms with Crippen LogP contribution in [0.25, 0.3) is 0 Å². The molecule has 0 amide bonds. The maximum absolute atomic E-state index is 11.8. The van der Waals surface area contributed by atoms with Gasteiger partial charge < -0.3 is 19.7 Å². The number of aliphatic hydroxyl groups excluding tert-OH is 2. The van der Waals surface area contributed by atoms with E-state index in [0.29, 0.717) is 19.3 Å². The van der Waals surface area contributed by atoms with Crippen LogP contribution in [0.4, 0.5) is 0 Å². The van der Waals surface area contributed by atoms with E-state index in [1.54, 1.807) is 0 Å². The topological polar surface area (TPSA) is 93.1 Å². The zero-order valence-electron chi connectivity index (χ0n) is 24.7. The number of carbonyl (C=O) groups excluding carboxylic acids is 2. The number of allylic oxidation sites excluding steroid dienone is 8. The quantitative estimate of drug-likeness (QED) is 0.0654. The first-order valence-corrected chi connectivity index (χ1v) is 15.3. The highest BCUT2D eigenvalue weighted by atomic mass is 16.6. The van der Waals surface area contributed by atoms with Gasteiger partial charge in [-0.3, -0.25) is 9.59 Å². The van der Waals surface area contributed by atoms with E-state index in [9.17, 15) is 19.8 Å². The van der Waals surface area contributed by atoms with Gasteiger partial charge in [-0.1, -0.05) is 101 Å². The minimum absolute atomic E-state index is 0.142. The Morgan fingerprint density at radius 3 is 1.59 bits per heavy atom. The summed E-state index contributed by atoms with van der Waals surface area (Å²) >= 11 is 0. The second-order valence-electron chi connectivity index (χ2n) is 10.0. The Balaban J connectivity index is 3.62. The van der Waals surface area contributed by atoms with Gasteiger partial charge in [-0.05, 0) is 57.8 Å². The zero-order chi connectivity index (χ0) is 28.8. The Hall–Kier alpha value is -2.18. The van der Waals surface area contributed by atoms with Crippen LogP contribution in [-0.2, 0) is 19.1 Å². The molecular formula is C33H56O6. The van der Waals surface area contributed by atoms with Crippen molar-refractivity contribution in [2.75, 3.05) is 13.2 Å². The van der Waals surface area contributed by atoms with Crippen LogP contribution >= 0.6 is 0 Å². The number of rotatable bonds is 26. The summed E-state index contributed by atoms with van der Waals surface area (Å²) < 4.78 is 10.2. The molecule has 2 N–H and O–H groups in total. The average molecular weight is 549 g/mol. The number of ether oxygens (including phenoxy) is 2. The standard InChI is InChI=1S/C33H56O6/c1-3-5-6-7-16-20-23-26-32(36)38-28-31(35)29-39-33(37)27-24-21-18-15-13-11-9-8-10-12-14-17-19-22-25-30(34)4-2/h9-12,15,17-19,30-31,34-35H,3-8,13-14,16,20-29H2,1-2H3/b11-9-,12-10-,18-15-,19-17-/t30-,31-/m0/s1. The van der Waals surface area contributed by atoms with E-state index in [-0.39, 0.29) is 31.3 Å². The molecule has 6 heteroatoms. The number of hydrogen-bond donors (Lipinski definition) is 2. The SMILES string of the molecule is CCCCCCCCCC(=O)OC[C@H](O)COC(=O)CCC/C=C\C/C=C\C/C=C\C/C=C\CC[C@@H](O)CC. The Labute approximate surface area is 238 Å². The number of esters is 2. The molecule has 6 nitrogen and oxygen atoms in total. The van der Waals surface area contributed by atoms with Crippen LogP contribution in [0.3, 0.4) is 0 Å². The Kier molecular flexibility index (Phi) is 27.2. The molecule has 0 aromatic heterocycles. The van der Waals surface area contributed by atoms with Gasteiger partial charge in [0.1, 0.15) is 19.3 Å². The molecule has 0 aliphatic heterocycles. The first-order valence-electron chi connectivity index (χ1n) is 15.3. The van der Waals surface area contributed by atoms with E-state index in [2.05, 4.69) is 55.5 Å². The van der Waals surface area contributed by atoms with Crippen molar-refractivity contribution in [3.63, 3.8) is 0 Å². The van der Waals surface area contributed by atoms with E-state index in [4.69, 9.17) is 9.47 Å². The highest BCUT2D eigenvalue weighted by molar-refractivity contribution is 5.69. The fourth-order valence-corrected chi connectivity index (χ4v) is 3.70. The van der Waals surface area contributed by atoms with Gasteiger partial charge in [0.2, 0.25) is 0 Å². The average Bonchev–Trinajstić information content (AvgIpc) is 2.93. The van der Waals surface area contributed by atoms with Crippen molar-refractivity contribution < 1.29 is 29.3 Å².